The molecule has 12 heteroatoms. The minimum atomic E-state index is -0.938. The van der Waals surface area contributed by atoms with Crippen molar-refractivity contribution in [3.8, 4) is 24.1 Å². The van der Waals surface area contributed by atoms with Crippen LogP contribution >= 0.6 is 0 Å². The molecule has 5 aliphatic rings. The summed E-state index contributed by atoms with van der Waals surface area (Å²) in [4.78, 5) is 31.0. The Morgan fingerprint density at radius 2 is 2.02 bits per heavy atom. The van der Waals surface area contributed by atoms with Crippen molar-refractivity contribution < 1.29 is 28.2 Å². The van der Waals surface area contributed by atoms with E-state index < -0.39 is 17.5 Å². The predicted molar refractivity (Wildman–Crippen MR) is 204 cm³/mol. The van der Waals surface area contributed by atoms with Crippen molar-refractivity contribution in [3.63, 3.8) is 0 Å². The van der Waals surface area contributed by atoms with E-state index in [1.54, 1.807) is 18.2 Å². The number of hydrogen-bond acceptors (Lipinski definition) is 9. The number of aromatic nitrogens is 2. The van der Waals surface area contributed by atoms with Gasteiger partial charge in [0.2, 0.25) is 5.91 Å². The maximum absolute atomic E-state index is 15.2. The van der Waals surface area contributed by atoms with Crippen LogP contribution in [0, 0.1) is 23.6 Å². The number of phenols is 1. The number of alkyl halides is 1. The lowest BCUT2D eigenvalue weighted by atomic mass is 9.60. The molecule has 286 valence electrons. The fourth-order valence-electron chi connectivity index (χ4n) is 10.0. The summed E-state index contributed by atoms with van der Waals surface area (Å²) in [5.41, 5.74) is 2.25. The van der Waals surface area contributed by atoms with E-state index >= 15 is 8.78 Å². The Labute approximate surface area is 316 Å². The minimum Gasteiger partial charge on any atom is -0.508 e. The zero-order valence-corrected chi connectivity index (χ0v) is 31.3. The van der Waals surface area contributed by atoms with Crippen LogP contribution in [-0.2, 0) is 22.5 Å². The lowest BCUT2D eigenvalue weighted by Crippen LogP contribution is -2.59. The van der Waals surface area contributed by atoms with Gasteiger partial charge in [-0.25, -0.2) is 8.78 Å². The molecule has 0 unspecified atom stereocenters. The third kappa shape index (κ3) is 6.64. The zero-order chi connectivity index (χ0) is 37.8. The molecule has 3 atom stereocenters. The lowest BCUT2D eigenvalue weighted by molar-refractivity contribution is -0.126. The molecule has 5 heterocycles. The number of carbonyl (C=O) groups excluding carboxylic acids is 1. The number of likely N-dealkylation sites (N-methyl/N-ethyl adjacent to an activating group) is 1. The SMILES string of the molecule is C#Cc1c(F)ccc2cc(O)cc(N3CCc4c(nc(OC[C@]5(C)C[C@@H](F)CN5C5CC6(CCOCC6)C5)nc4N(C)C[C@@H]4CCCN4C(=O)C=C)C3)c12. The van der Waals surface area contributed by atoms with Gasteiger partial charge in [-0.05, 0) is 80.9 Å². The molecule has 3 saturated heterocycles. The standard InChI is InChI=1S/C42H50F2N6O4/c1-5-32-34(44)10-9-27-18-31(51)19-36(38(27)32)48-15-11-33-35(25-48)45-40(46-39(33)47(4)24-29-8-7-14-49(29)37(52)6-2)54-26-41(3)20-28(43)23-50(41)30-21-42(22-30)12-16-53-17-13-42/h1,6,9-10,18-19,28-30,51H,2,7-8,11-17,20-26H2,3-4H3/t28-,29+,41+/m1/s1. The quantitative estimate of drug-likeness (QED) is 0.217. The molecule has 0 radical (unpaired) electrons. The van der Waals surface area contributed by atoms with E-state index in [4.69, 9.17) is 25.9 Å². The average molecular weight is 741 g/mol. The number of nitrogens with zero attached hydrogens (tertiary/aromatic N) is 6. The average Bonchev–Trinajstić information content (AvgIpc) is 3.74. The van der Waals surface area contributed by atoms with E-state index in [-0.39, 0.29) is 35.9 Å². The van der Waals surface area contributed by atoms with Crippen LogP contribution in [0.15, 0.2) is 36.9 Å². The number of likely N-dealkylation sites (tertiary alicyclic amines) is 2. The highest BCUT2D eigenvalue weighted by Gasteiger charge is 2.54. The number of carbonyl (C=O) groups is 1. The van der Waals surface area contributed by atoms with E-state index in [1.165, 1.54) is 12.1 Å². The third-order valence-corrected chi connectivity index (χ3v) is 12.8. The number of halogens is 2. The molecule has 54 heavy (non-hydrogen) atoms. The summed E-state index contributed by atoms with van der Waals surface area (Å²) in [5.74, 6) is 2.72. The van der Waals surface area contributed by atoms with Gasteiger partial charge in [-0.3, -0.25) is 9.69 Å². The fourth-order valence-corrected chi connectivity index (χ4v) is 10.0. The molecular formula is C42H50F2N6O4. The molecule has 4 fully saturated rings. The van der Waals surface area contributed by atoms with Gasteiger partial charge in [-0.2, -0.15) is 9.97 Å². The first-order valence-electron chi connectivity index (χ1n) is 19.3. The first-order valence-corrected chi connectivity index (χ1v) is 19.3. The number of hydrogen-bond donors (Lipinski definition) is 1. The maximum atomic E-state index is 15.2. The van der Waals surface area contributed by atoms with Gasteiger partial charge < -0.3 is 29.3 Å². The van der Waals surface area contributed by atoms with Crippen molar-refractivity contribution in [3.05, 3.63) is 59.6 Å². The van der Waals surface area contributed by atoms with Gasteiger partial charge in [0.1, 0.15) is 30.2 Å². The monoisotopic (exact) mass is 740 g/mol. The number of ether oxygens (including phenoxy) is 2. The molecule has 1 spiro atoms. The summed E-state index contributed by atoms with van der Waals surface area (Å²) >= 11 is 0. The number of amides is 1. The van der Waals surface area contributed by atoms with E-state index in [2.05, 4.69) is 34.1 Å². The molecule has 1 aromatic heterocycles. The molecule has 8 rings (SSSR count). The van der Waals surface area contributed by atoms with Crippen molar-refractivity contribution in [1.29, 1.82) is 0 Å². The molecule has 4 aliphatic heterocycles. The van der Waals surface area contributed by atoms with E-state index in [0.717, 1.165) is 68.8 Å². The van der Waals surface area contributed by atoms with Crippen LogP contribution in [0.1, 0.15) is 68.7 Å². The Kier molecular flexibility index (Phi) is 9.67. The predicted octanol–water partition coefficient (Wildman–Crippen LogP) is 5.77. The van der Waals surface area contributed by atoms with E-state index in [9.17, 15) is 9.90 Å². The summed E-state index contributed by atoms with van der Waals surface area (Å²) in [5, 5.41) is 11.9. The summed E-state index contributed by atoms with van der Waals surface area (Å²) < 4.78 is 42.4. The molecule has 1 N–H and O–H groups in total. The van der Waals surface area contributed by atoms with Gasteiger partial charge in [-0.1, -0.05) is 18.6 Å². The minimum absolute atomic E-state index is 0.000235. The number of aromatic hydroxyl groups is 1. The Morgan fingerprint density at radius 3 is 2.78 bits per heavy atom. The number of rotatable bonds is 9. The second-order valence-electron chi connectivity index (χ2n) is 16.4. The van der Waals surface area contributed by atoms with Crippen LogP contribution in [0.5, 0.6) is 11.8 Å². The van der Waals surface area contributed by atoms with Gasteiger partial charge in [0.05, 0.1) is 23.3 Å². The number of phenolic OH excluding ortho intramolecular Hbond substituents is 1. The maximum Gasteiger partial charge on any atom is 0.318 e. The molecule has 10 nitrogen and oxygen atoms in total. The molecular weight excluding hydrogens is 690 g/mol. The number of terminal acetylenes is 1. The number of benzene rings is 2. The second kappa shape index (κ2) is 14.3. The van der Waals surface area contributed by atoms with Gasteiger partial charge in [0.15, 0.2) is 0 Å². The van der Waals surface area contributed by atoms with Gasteiger partial charge >= 0.3 is 6.01 Å². The first-order chi connectivity index (χ1) is 26.0. The van der Waals surface area contributed by atoms with Crippen LogP contribution in [0.25, 0.3) is 10.8 Å². The highest BCUT2D eigenvalue weighted by Crippen LogP contribution is 2.53. The van der Waals surface area contributed by atoms with E-state index in [0.29, 0.717) is 73.5 Å². The molecule has 0 bridgehead atoms. The highest BCUT2D eigenvalue weighted by atomic mass is 19.1. The van der Waals surface area contributed by atoms with Crippen LogP contribution < -0.4 is 14.5 Å². The summed E-state index contributed by atoms with van der Waals surface area (Å²) in [7, 11) is 1.98. The van der Waals surface area contributed by atoms with Crippen molar-refractivity contribution in [2.45, 2.75) is 88.6 Å². The van der Waals surface area contributed by atoms with Crippen molar-refractivity contribution in [2.24, 2.45) is 5.41 Å². The summed E-state index contributed by atoms with van der Waals surface area (Å²) in [6.07, 6.45) is 13.2. The molecule has 1 aliphatic carbocycles. The zero-order valence-electron chi connectivity index (χ0n) is 31.3. The second-order valence-corrected chi connectivity index (χ2v) is 16.4. The van der Waals surface area contributed by atoms with Crippen LogP contribution in [0.4, 0.5) is 20.3 Å². The third-order valence-electron chi connectivity index (χ3n) is 12.8. The van der Waals surface area contributed by atoms with Crippen molar-refractivity contribution in [1.82, 2.24) is 19.8 Å². The summed E-state index contributed by atoms with van der Waals surface area (Å²) in [6, 6.07) is 6.67. The number of fused-ring (bicyclic) bond motifs is 2. The van der Waals surface area contributed by atoms with Crippen molar-refractivity contribution in [2.75, 3.05) is 62.8 Å². The smallest absolute Gasteiger partial charge is 0.318 e. The molecule has 1 saturated carbocycles. The lowest BCUT2D eigenvalue weighted by Gasteiger charge is -2.55. The van der Waals surface area contributed by atoms with Crippen molar-refractivity contribution >= 4 is 28.2 Å². The van der Waals surface area contributed by atoms with Crippen LogP contribution in [0.2, 0.25) is 0 Å². The van der Waals surface area contributed by atoms with E-state index in [1.807, 2.05) is 11.9 Å². The Bertz CT molecular complexity index is 1990. The van der Waals surface area contributed by atoms with Gasteiger partial charge in [0.25, 0.3) is 0 Å². The first kappa shape index (κ1) is 36.5. The largest absolute Gasteiger partial charge is 0.508 e. The topological polar surface area (TPSA) is 94.5 Å². The Hall–Kier alpha value is -4.47. The Balaban J connectivity index is 1.10. The van der Waals surface area contributed by atoms with Crippen LogP contribution in [0.3, 0.4) is 0 Å². The molecule has 2 aromatic carbocycles. The van der Waals surface area contributed by atoms with Gasteiger partial charge in [-0.15, -0.1) is 6.42 Å². The van der Waals surface area contributed by atoms with Crippen LogP contribution in [-0.4, -0.2) is 108 Å². The summed E-state index contributed by atoms with van der Waals surface area (Å²) in [6.45, 7) is 10.2. The highest BCUT2D eigenvalue weighted by molar-refractivity contribution is 6.00. The fraction of sp³-hybridized carbons (Fsp3) is 0.548. The van der Waals surface area contributed by atoms with Gasteiger partial charge in [0, 0.05) is 87.6 Å². The molecule has 3 aromatic rings. The number of anilines is 2. The normalized spacial score (nSPS) is 25.4. The molecule has 1 amide bonds. The Morgan fingerprint density at radius 1 is 1.22 bits per heavy atom.